The summed E-state index contributed by atoms with van der Waals surface area (Å²) < 4.78 is 64.6. The van der Waals surface area contributed by atoms with E-state index in [1.165, 1.54) is 0 Å². The molecule has 172 valence electrons. The van der Waals surface area contributed by atoms with Crippen molar-refractivity contribution in [2.45, 2.75) is 32.2 Å². The summed E-state index contributed by atoms with van der Waals surface area (Å²) in [6.45, 7) is 1.07. The Balaban J connectivity index is 1.50. The van der Waals surface area contributed by atoms with Crippen LogP contribution in [0.15, 0.2) is 36.4 Å². The second kappa shape index (κ2) is 9.41. The molecule has 2 aromatic carbocycles. The first kappa shape index (κ1) is 23.3. The summed E-state index contributed by atoms with van der Waals surface area (Å²) in [7, 11) is 0. The first-order valence-corrected chi connectivity index (χ1v) is 9.75. The lowest BCUT2D eigenvalue weighted by molar-refractivity contribution is -0.174. The lowest BCUT2D eigenvalue weighted by Crippen LogP contribution is -2.38. The molecule has 0 fully saturated rings. The third-order valence-corrected chi connectivity index (χ3v) is 4.92. The minimum atomic E-state index is -4.43. The van der Waals surface area contributed by atoms with E-state index in [2.05, 4.69) is 21.3 Å². The molecule has 0 aliphatic carbocycles. The van der Waals surface area contributed by atoms with Crippen LogP contribution in [0.1, 0.15) is 29.3 Å². The SMILES string of the molecule is CC(CC(=O)NCc1ccc2c(c1)NC(CNC(=O)c1cc(F)ccc1F)N2)C(F)(F)F. The molecule has 0 aromatic heterocycles. The zero-order valence-corrected chi connectivity index (χ0v) is 16.9. The molecule has 2 atom stereocenters. The van der Waals surface area contributed by atoms with Gasteiger partial charge in [0.15, 0.2) is 0 Å². The third-order valence-electron chi connectivity index (χ3n) is 4.92. The largest absolute Gasteiger partial charge is 0.392 e. The van der Waals surface area contributed by atoms with E-state index in [1.54, 1.807) is 18.2 Å². The van der Waals surface area contributed by atoms with E-state index in [-0.39, 0.29) is 13.1 Å². The van der Waals surface area contributed by atoms with Crippen LogP contribution in [0.2, 0.25) is 0 Å². The summed E-state index contributed by atoms with van der Waals surface area (Å²) in [5.74, 6) is -4.76. The van der Waals surface area contributed by atoms with Crippen molar-refractivity contribution in [3.63, 3.8) is 0 Å². The van der Waals surface area contributed by atoms with Crippen LogP contribution in [0.25, 0.3) is 0 Å². The Labute approximate surface area is 180 Å². The van der Waals surface area contributed by atoms with Gasteiger partial charge in [0.25, 0.3) is 5.91 Å². The van der Waals surface area contributed by atoms with E-state index < -0.39 is 53.7 Å². The maximum atomic E-state index is 13.7. The first-order chi connectivity index (χ1) is 15.0. The van der Waals surface area contributed by atoms with Crippen LogP contribution in [0, 0.1) is 17.6 Å². The molecule has 1 aliphatic rings. The number of halogens is 5. The number of benzene rings is 2. The van der Waals surface area contributed by atoms with E-state index in [0.29, 0.717) is 16.9 Å². The van der Waals surface area contributed by atoms with Crippen molar-refractivity contribution in [3.05, 3.63) is 59.2 Å². The van der Waals surface area contributed by atoms with Crippen LogP contribution < -0.4 is 21.3 Å². The van der Waals surface area contributed by atoms with Gasteiger partial charge in [-0.25, -0.2) is 8.78 Å². The maximum Gasteiger partial charge on any atom is 0.392 e. The quantitative estimate of drug-likeness (QED) is 0.479. The fraction of sp³-hybridized carbons (Fsp3) is 0.333. The number of rotatable bonds is 7. The van der Waals surface area contributed by atoms with Gasteiger partial charge in [-0.15, -0.1) is 0 Å². The first-order valence-electron chi connectivity index (χ1n) is 9.75. The van der Waals surface area contributed by atoms with Gasteiger partial charge in [-0.1, -0.05) is 13.0 Å². The van der Waals surface area contributed by atoms with Crippen LogP contribution in [0.3, 0.4) is 0 Å². The summed E-state index contributed by atoms with van der Waals surface area (Å²) >= 11 is 0. The molecule has 2 amide bonds. The molecule has 0 radical (unpaired) electrons. The van der Waals surface area contributed by atoms with Crippen molar-refractivity contribution in [1.29, 1.82) is 0 Å². The topological polar surface area (TPSA) is 82.3 Å². The highest BCUT2D eigenvalue weighted by molar-refractivity contribution is 5.94. The van der Waals surface area contributed by atoms with E-state index in [1.807, 2.05) is 0 Å². The summed E-state index contributed by atoms with van der Waals surface area (Å²) in [6, 6.07) is 7.73. The Hall–Kier alpha value is -3.37. The summed E-state index contributed by atoms with van der Waals surface area (Å²) in [5.41, 5.74) is 1.63. The van der Waals surface area contributed by atoms with E-state index in [0.717, 1.165) is 25.1 Å². The highest BCUT2D eigenvalue weighted by Gasteiger charge is 2.37. The summed E-state index contributed by atoms with van der Waals surface area (Å²) in [6.07, 6.45) is -5.50. The number of carbonyl (C=O) groups excluding carboxylic acids is 2. The van der Waals surface area contributed by atoms with Gasteiger partial charge in [0.2, 0.25) is 5.91 Å². The number of carbonyl (C=O) groups is 2. The van der Waals surface area contributed by atoms with E-state index >= 15 is 0 Å². The van der Waals surface area contributed by atoms with Gasteiger partial charge in [-0.2, -0.15) is 13.2 Å². The van der Waals surface area contributed by atoms with Gasteiger partial charge >= 0.3 is 6.18 Å². The van der Waals surface area contributed by atoms with Crippen molar-refractivity contribution in [1.82, 2.24) is 10.6 Å². The average molecular weight is 456 g/mol. The molecule has 1 aliphatic heterocycles. The molecule has 0 spiro atoms. The lowest BCUT2D eigenvalue weighted by Gasteiger charge is -2.15. The smallest absolute Gasteiger partial charge is 0.362 e. The third kappa shape index (κ3) is 5.86. The Kier molecular flexibility index (Phi) is 6.85. The Morgan fingerprint density at radius 3 is 2.47 bits per heavy atom. The standard InChI is InChI=1S/C21H21F5N4O2/c1-11(21(24,25)26)6-19(31)27-9-12-2-5-16-17(7-12)30-18(29-16)10-28-20(32)14-8-13(22)3-4-15(14)23/h2-5,7-8,11,18,29-30H,6,9-10H2,1H3,(H,27,31)(H,28,32). The van der Waals surface area contributed by atoms with Crippen molar-refractivity contribution >= 4 is 23.2 Å². The number of hydrogen-bond acceptors (Lipinski definition) is 4. The predicted molar refractivity (Wildman–Crippen MR) is 108 cm³/mol. The molecule has 6 nitrogen and oxygen atoms in total. The minimum absolute atomic E-state index is 0.0542. The zero-order valence-electron chi connectivity index (χ0n) is 16.9. The fourth-order valence-corrected chi connectivity index (χ4v) is 3.09. The average Bonchev–Trinajstić information content (AvgIpc) is 3.13. The monoisotopic (exact) mass is 456 g/mol. The number of amides is 2. The predicted octanol–water partition coefficient (Wildman–Crippen LogP) is 3.76. The highest BCUT2D eigenvalue weighted by Crippen LogP contribution is 2.30. The van der Waals surface area contributed by atoms with Crippen LogP contribution >= 0.6 is 0 Å². The van der Waals surface area contributed by atoms with Crippen molar-refractivity contribution < 1.29 is 31.5 Å². The Morgan fingerprint density at radius 1 is 1.03 bits per heavy atom. The number of hydrogen-bond donors (Lipinski definition) is 4. The van der Waals surface area contributed by atoms with E-state index in [4.69, 9.17) is 0 Å². The summed E-state index contributed by atoms with van der Waals surface area (Å²) in [5, 5.41) is 11.2. The zero-order chi connectivity index (χ0) is 23.5. The van der Waals surface area contributed by atoms with Crippen LogP contribution in [0.4, 0.5) is 33.3 Å². The highest BCUT2D eigenvalue weighted by atomic mass is 19.4. The van der Waals surface area contributed by atoms with Crippen LogP contribution in [-0.2, 0) is 11.3 Å². The fourth-order valence-electron chi connectivity index (χ4n) is 3.09. The van der Waals surface area contributed by atoms with E-state index in [9.17, 15) is 31.5 Å². The van der Waals surface area contributed by atoms with Gasteiger partial charge in [0, 0.05) is 13.0 Å². The maximum absolute atomic E-state index is 13.7. The minimum Gasteiger partial charge on any atom is -0.362 e. The molecule has 0 saturated heterocycles. The van der Waals surface area contributed by atoms with Crippen LogP contribution in [-0.4, -0.2) is 30.7 Å². The molecule has 2 aromatic rings. The van der Waals surface area contributed by atoms with Gasteiger partial charge in [0.1, 0.15) is 17.8 Å². The number of alkyl halides is 3. The van der Waals surface area contributed by atoms with Gasteiger partial charge in [-0.3, -0.25) is 9.59 Å². The molecule has 2 unspecified atom stereocenters. The van der Waals surface area contributed by atoms with Crippen molar-refractivity contribution in [3.8, 4) is 0 Å². The lowest BCUT2D eigenvalue weighted by atomic mass is 10.1. The summed E-state index contributed by atoms with van der Waals surface area (Å²) in [4.78, 5) is 23.8. The molecular weight excluding hydrogens is 435 g/mol. The molecule has 3 rings (SSSR count). The number of anilines is 2. The van der Waals surface area contributed by atoms with Gasteiger partial charge in [0.05, 0.1) is 29.4 Å². The normalized spacial score (nSPS) is 15.9. The molecule has 4 N–H and O–H groups in total. The Morgan fingerprint density at radius 2 is 1.75 bits per heavy atom. The molecule has 32 heavy (non-hydrogen) atoms. The van der Waals surface area contributed by atoms with Gasteiger partial charge in [-0.05, 0) is 35.9 Å². The molecule has 11 heteroatoms. The number of fused-ring (bicyclic) bond motifs is 1. The van der Waals surface area contributed by atoms with Crippen LogP contribution in [0.5, 0.6) is 0 Å². The molecule has 0 bridgehead atoms. The molecule has 0 saturated carbocycles. The van der Waals surface area contributed by atoms with Crippen molar-refractivity contribution in [2.24, 2.45) is 5.92 Å². The number of nitrogens with one attached hydrogen (secondary N) is 4. The molecular formula is C21H21F5N4O2. The van der Waals surface area contributed by atoms with Gasteiger partial charge < -0.3 is 21.3 Å². The Bertz CT molecular complexity index is 1010. The second-order valence-electron chi connectivity index (χ2n) is 7.48. The van der Waals surface area contributed by atoms with Crippen molar-refractivity contribution in [2.75, 3.05) is 17.2 Å². The second-order valence-corrected chi connectivity index (χ2v) is 7.48. The molecule has 1 heterocycles.